The Kier molecular flexibility index (Phi) is 6.16. The van der Waals surface area contributed by atoms with Gasteiger partial charge in [-0.3, -0.25) is 0 Å². The first-order valence-corrected chi connectivity index (χ1v) is 8.40. The van der Waals surface area contributed by atoms with Gasteiger partial charge < -0.3 is 19.5 Å². The van der Waals surface area contributed by atoms with Gasteiger partial charge in [-0.15, -0.1) is 0 Å². The predicted octanol–water partition coefficient (Wildman–Crippen LogP) is 3.65. The number of para-hydroxylation sites is 1. The van der Waals surface area contributed by atoms with Crippen LogP contribution in [-0.2, 0) is 19.1 Å². The molecule has 28 heavy (non-hydrogen) atoms. The van der Waals surface area contributed by atoms with Gasteiger partial charge in [-0.1, -0.05) is 25.1 Å². The summed E-state index contributed by atoms with van der Waals surface area (Å²) in [6.07, 6.45) is -0.934. The molecule has 0 spiro atoms. The maximum Gasteiger partial charge on any atom is 0.387 e. The van der Waals surface area contributed by atoms with Crippen LogP contribution in [0.1, 0.15) is 41.4 Å². The lowest BCUT2D eigenvalue weighted by atomic mass is 9.80. The first-order valence-electron chi connectivity index (χ1n) is 9.68. The first-order chi connectivity index (χ1) is 14.2. The Morgan fingerprint density at radius 1 is 1.21 bits per heavy atom. The van der Waals surface area contributed by atoms with Crippen molar-refractivity contribution in [3.63, 3.8) is 0 Å². The van der Waals surface area contributed by atoms with Crippen molar-refractivity contribution in [3.05, 3.63) is 52.4 Å². The summed E-state index contributed by atoms with van der Waals surface area (Å²) in [6, 6.07) is 5.84. The highest BCUT2D eigenvalue weighted by Crippen LogP contribution is 2.42. The number of dihydropyridines is 1. The Morgan fingerprint density at radius 3 is 2.46 bits per heavy atom. The highest BCUT2D eigenvalue weighted by molar-refractivity contribution is 6.00. The molecule has 1 N–H and O–H groups in total. The highest BCUT2D eigenvalue weighted by Gasteiger charge is 2.39. The van der Waals surface area contributed by atoms with E-state index >= 15 is 0 Å². The predicted molar refractivity (Wildman–Crippen MR) is 97.6 cm³/mol. The second-order valence-electron chi connectivity index (χ2n) is 5.93. The van der Waals surface area contributed by atoms with Crippen LogP contribution in [-0.4, -0.2) is 32.3 Å². The quantitative estimate of drug-likeness (QED) is 0.706. The number of alkyl halides is 2. The van der Waals surface area contributed by atoms with Crippen molar-refractivity contribution in [3.8, 4) is 5.75 Å². The molecule has 2 atom stereocenters. The first kappa shape index (κ1) is 18.5. The third kappa shape index (κ3) is 4.49. The van der Waals surface area contributed by atoms with Crippen LogP contribution >= 0.6 is 0 Å². The molecule has 0 saturated carbocycles. The lowest BCUT2D eigenvalue weighted by molar-refractivity contribution is -0.139. The standard InChI is InChI=1S/C20H23F2NO5/c1-5-10-27-19(25)16-12(3)23-11(2)15(18(24)26-4)17(16)13-8-6-7-9-14(13)28-20(21)22/h6-9,17,20,23H,5,10H2,1-4H3/i1T,5T. The van der Waals surface area contributed by atoms with Gasteiger partial charge in [-0.25, -0.2) is 9.59 Å². The van der Waals surface area contributed by atoms with Crippen molar-refractivity contribution in [1.29, 1.82) is 0 Å². The van der Waals surface area contributed by atoms with Crippen LogP contribution in [0.4, 0.5) is 8.78 Å². The SMILES string of the molecule is [3H]CC([3H])COC(=O)C1=C(C)NC(C)=C(C(=O)OC)C1c1ccccc1OC(F)F. The van der Waals surface area contributed by atoms with Crippen molar-refractivity contribution < 1.29 is 35.3 Å². The Hall–Kier alpha value is -2.90. The lowest BCUT2D eigenvalue weighted by Crippen LogP contribution is -2.32. The summed E-state index contributed by atoms with van der Waals surface area (Å²) >= 11 is 0. The van der Waals surface area contributed by atoms with Crippen LogP contribution in [0.2, 0.25) is 0 Å². The summed E-state index contributed by atoms with van der Waals surface area (Å²) in [5.74, 6) is -2.88. The van der Waals surface area contributed by atoms with E-state index in [1.807, 2.05) is 0 Å². The zero-order chi connectivity index (χ0) is 22.4. The minimum absolute atomic E-state index is 0.00324. The Morgan fingerprint density at radius 2 is 1.86 bits per heavy atom. The number of hydrogen-bond donors (Lipinski definition) is 1. The van der Waals surface area contributed by atoms with Crippen LogP contribution in [0.3, 0.4) is 0 Å². The molecule has 0 saturated heterocycles. The number of esters is 2. The minimum atomic E-state index is -3.11. The van der Waals surface area contributed by atoms with Crippen LogP contribution in [0.25, 0.3) is 0 Å². The molecule has 0 aromatic heterocycles. The van der Waals surface area contributed by atoms with E-state index in [4.69, 9.17) is 12.2 Å². The average molecular weight is 399 g/mol. The molecule has 8 heteroatoms. The van der Waals surface area contributed by atoms with Gasteiger partial charge in [0.15, 0.2) is 0 Å². The van der Waals surface area contributed by atoms with Crippen molar-refractivity contribution in [1.82, 2.24) is 5.32 Å². The molecule has 6 nitrogen and oxygen atoms in total. The van der Waals surface area contributed by atoms with E-state index in [2.05, 4.69) is 10.1 Å². The molecule has 1 aromatic rings. The molecule has 152 valence electrons. The molecular weight excluding hydrogens is 372 g/mol. The highest BCUT2D eigenvalue weighted by atomic mass is 19.3. The van der Waals surface area contributed by atoms with Gasteiger partial charge in [-0.05, 0) is 26.3 Å². The zero-order valence-corrected chi connectivity index (χ0v) is 15.8. The van der Waals surface area contributed by atoms with E-state index in [9.17, 15) is 18.4 Å². The smallest absolute Gasteiger partial charge is 0.387 e. The molecule has 2 unspecified atom stereocenters. The maximum atomic E-state index is 13.0. The van der Waals surface area contributed by atoms with Crippen LogP contribution in [0, 0.1) is 0 Å². The number of methoxy groups -OCH3 is 1. The van der Waals surface area contributed by atoms with Crippen LogP contribution in [0.15, 0.2) is 46.8 Å². The molecule has 0 amide bonds. The fourth-order valence-corrected chi connectivity index (χ4v) is 3.09. The second kappa shape index (κ2) is 9.34. The fourth-order valence-electron chi connectivity index (χ4n) is 3.09. The summed E-state index contributed by atoms with van der Waals surface area (Å²) in [5, 5.41) is 2.92. The number of halogens is 2. The number of nitrogens with one attached hydrogen (secondary N) is 1. The van der Waals surface area contributed by atoms with Gasteiger partial charge in [0, 0.05) is 19.7 Å². The molecular formula is C20H23F2NO5. The van der Waals surface area contributed by atoms with Crippen LogP contribution < -0.4 is 10.1 Å². The van der Waals surface area contributed by atoms with Gasteiger partial charge in [-0.2, -0.15) is 8.78 Å². The molecule has 0 aliphatic carbocycles. The average Bonchev–Trinajstić information content (AvgIpc) is 2.70. The van der Waals surface area contributed by atoms with Crippen molar-refractivity contribution in [2.45, 2.75) is 39.7 Å². The molecule has 1 aromatic carbocycles. The molecule has 0 fully saturated rings. The number of benzene rings is 1. The van der Waals surface area contributed by atoms with Crippen LogP contribution in [0.5, 0.6) is 5.75 Å². The fraction of sp³-hybridized carbons (Fsp3) is 0.400. The minimum Gasteiger partial charge on any atom is -0.466 e. The van der Waals surface area contributed by atoms with E-state index in [-0.39, 0.29) is 36.0 Å². The molecule has 2 rings (SSSR count). The third-order valence-corrected chi connectivity index (χ3v) is 4.16. The Balaban J connectivity index is 2.61. The molecule has 0 bridgehead atoms. The van der Waals surface area contributed by atoms with E-state index in [0.717, 1.165) is 0 Å². The summed E-state index contributed by atoms with van der Waals surface area (Å²) in [4.78, 5) is 25.4. The molecule has 0 radical (unpaired) electrons. The summed E-state index contributed by atoms with van der Waals surface area (Å²) in [6.45, 7) is -0.509. The molecule has 1 heterocycles. The van der Waals surface area contributed by atoms with E-state index in [1.54, 1.807) is 19.9 Å². The van der Waals surface area contributed by atoms with Gasteiger partial charge in [0.05, 0.1) is 30.8 Å². The van der Waals surface area contributed by atoms with Crippen molar-refractivity contribution in [2.75, 3.05) is 13.7 Å². The zero-order valence-electron chi connectivity index (χ0n) is 17.8. The topological polar surface area (TPSA) is 73.9 Å². The number of allylic oxidation sites excluding steroid dienone is 2. The monoisotopic (exact) mass is 399 g/mol. The third-order valence-electron chi connectivity index (χ3n) is 4.16. The number of carbonyl (C=O) groups excluding carboxylic acids is 2. The van der Waals surface area contributed by atoms with Crippen molar-refractivity contribution in [2.24, 2.45) is 0 Å². The second-order valence-corrected chi connectivity index (χ2v) is 5.93. The molecule has 1 aliphatic rings. The number of carbonyl (C=O) groups is 2. The molecule has 1 aliphatic heterocycles. The van der Waals surface area contributed by atoms with Gasteiger partial charge in [0.25, 0.3) is 0 Å². The number of rotatable bonds is 7. The summed E-state index contributed by atoms with van der Waals surface area (Å²) in [7, 11) is 1.17. The van der Waals surface area contributed by atoms with Crippen molar-refractivity contribution >= 4 is 11.9 Å². The Labute approximate surface area is 165 Å². The maximum absolute atomic E-state index is 13.0. The lowest BCUT2D eigenvalue weighted by Gasteiger charge is -2.31. The van der Waals surface area contributed by atoms with Gasteiger partial charge >= 0.3 is 18.6 Å². The Bertz CT molecular complexity index is 873. The summed E-state index contributed by atoms with van der Waals surface area (Å²) in [5.41, 5.74) is 0.951. The normalized spacial score (nSPS) is 18.9. The largest absolute Gasteiger partial charge is 0.466 e. The van der Waals surface area contributed by atoms with E-state index in [0.29, 0.717) is 11.4 Å². The van der Waals surface area contributed by atoms with Gasteiger partial charge in [0.1, 0.15) is 5.75 Å². The number of hydrogen-bond acceptors (Lipinski definition) is 6. The van der Waals surface area contributed by atoms with Gasteiger partial charge in [0.2, 0.25) is 0 Å². The number of ether oxygens (including phenoxy) is 3. The van der Waals surface area contributed by atoms with E-state index < -0.39 is 30.9 Å². The van der Waals surface area contributed by atoms with E-state index in [1.165, 1.54) is 25.3 Å². The summed E-state index contributed by atoms with van der Waals surface area (Å²) < 4.78 is 55.3.